The van der Waals surface area contributed by atoms with Gasteiger partial charge in [0.1, 0.15) is 11.6 Å². The molecule has 1 aromatic carbocycles. The van der Waals surface area contributed by atoms with Crippen molar-refractivity contribution in [3.05, 3.63) is 29.6 Å². The number of nitrogens with zero attached hydrogens (tertiary/aromatic N) is 1. The SMILES string of the molecule is NC(=S)NN=Cc1ccc(OC(F)F)cc1F. The van der Waals surface area contributed by atoms with E-state index < -0.39 is 12.4 Å². The molecule has 0 fully saturated rings. The van der Waals surface area contributed by atoms with Gasteiger partial charge >= 0.3 is 6.61 Å². The number of halogens is 3. The standard InChI is InChI=1S/C9H8F3N3OS/c10-7-3-6(16-8(11)12)2-1-5(7)4-14-15-9(13)17/h1-4,8H,(H3,13,15,17). The van der Waals surface area contributed by atoms with Crippen molar-refractivity contribution < 1.29 is 17.9 Å². The minimum absolute atomic E-state index is 0.0701. The average Bonchev–Trinajstić information content (AvgIpc) is 2.20. The second-order valence-corrected chi connectivity index (χ2v) is 3.24. The summed E-state index contributed by atoms with van der Waals surface area (Å²) in [5.41, 5.74) is 7.39. The van der Waals surface area contributed by atoms with Crippen LogP contribution in [0.3, 0.4) is 0 Å². The summed E-state index contributed by atoms with van der Waals surface area (Å²) in [4.78, 5) is 0. The van der Waals surface area contributed by atoms with Gasteiger partial charge in [0.2, 0.25) is 0 Å². The van der Waals surface area contributed by atoms with Crippen LogP contribution < -0.4 is 15.9 Å². The molecule has 92 valence electrons. The molecule has 8 heteroatoms. The van der Waals surface area contributed by atoms with Crippen LogP contribution in [0.5, 0.6) is 5.75 Å². The number of hydrazone groups is 1. The van der Waals surface area contributed by atoms with Gasteiger partial charge in [0.25, 0.3) is 0 Å². The maximum atomic E-state index is 13.3. The predicted octanol–water partition coefficient (Wildman–Crippen LogP) is 1.59. The average molecular weight is 263 g/mol. The molecule has 0 saturated carbocycles. The van der Waals surface area contributed by atoms with E-state index in [1.54, 1.807) is 0 Å². The highest BCUT2D eigenvalue weighted by atomic mass is 32.1. The Kier molecular flexibility index (Phi) is 4.70. The molecule has 3 N–H and O–H groups in total. The fourth-order valence-electron chi connectivity index (χ4n) is 0.954. The van der Waals surface area contributed by atoms with E-state index >= 15 is 0 Å². The summed E-state index contributed by atoms with van der Waals surface area (Å²) >= 11 is 4.47. The van der Waals surface area contributed by atoms with E-state index in [0.29, 0.717) is 0 Å². The monoisotopic (exact) mass is 263 g/mol. The van der Waals surface area contributed by atoms with E-state index in [4.69, 9.17) is 5.73 Å². The number of thiocarbonyl (C=S) groups is 1. The molecule has 0 saturated heterocycles. The lowest BCUT2D eigenvalue weighted by Crippen LogP contribution is -2.24. The molecule has 4 nitrogen and oxygen atoms in total. The lowest BCUT2D eigenvalue weighted by molar-refractivity contribution is -0.0499. The normalized spacial score (nSPS) is 10.8. The Morgan fingerprint density at radius 1 is 1.53 bits per heavy atom. The molecule has 0 unspecified atom stereocenters. The van der Waals surface area contributed by atoms with Crippen LogP contribution in [0.1, 0.15) is 5.56 Å². The van der Waals surface area contributed by atoms with Crippen LogP contribution in [0.4, 0.5) is 13.2 Å². The second-order valence-electron chi connectivity index (χ2n) is 2.80. The number of alkyl halides is 2. The van der Waals surface area contributed by atoms with Crippen LogP contribution in [0, 0.1) is 5.82 Å². The van der Waals surface area contributed by atoms with E-state index in [1.807, 2.05) is 0 Å². The Balaban J connectivity index is 2.75. The van der Waals surface area contributed by atoms with Crippen molar-refractivity contribution in [2.75, 3.05) is 0 Å². The summed E-state index contributed by atoms with van der Waals surface area (Å²) in [5, 5.41) is 3.45. The first-order valence-corrected chi connectivity index (χ1v) is 4.72. The minimum Gasteiger partial charge on any atom is -0.435 e. The number of nitrogens with one attached hydrogen (secondary N) is 1. The lowest BCUT2D eigenvalue weighted by Gasteiger charge is -2.05. The second kappa shape index (κ2) is 6.04. The number of ether oxygens (including phenoxy) is 1. The number of hydrogen-bond acceptors (Lipinski definition) is 3. The van der Waals surface area contributed by atoms with E-state index in [-0.39, 0.29) is 16.4 Å². The molecule has 0 aliphatic heterocycles. The number of hydrogen-bond donors (Lipinski definition) is 2. The third-order valence-electron chi connectivity index (χ3n) is 1.58. The molecule has 0 spiro atoms. The van der Waals surface area contributed by atoms with Gasteiger partial charge < -0.3 is 10.5 Å². The van der Waals surface area contributed by atoms with Crippen molar-refractivity contribution in [2.45, 2.75) is 6.61 Å². The number of benzene rings is 1. The number of nitrogens with two attached hydrogens (primary N) is 1. The van der Waals surface area contributed by atoms with Crippen LogP contribution in [0.15, 0.2) is 23.3 Å². The van der Waals surface area contributed by atoms with Gasteiger partial charge in [-0.15, -0.1) is 0 Å². The summed E-state index contributed by atoms with van der Waals surface area (Å²) in [5.74, 6) is -1.02. The van der Waals surface area contributed by atoms with E-state index in [2.05, 4.69) is 27.5 Å². The van der Waals surface area contributed by atoms with Gasteiger partial charge in [-0.25, -0.2) is 4.39 Å². The smallest absolute Gasteiger partial charge is 0.387 e. The van der Waals surface area contributed by atoms with E-state index in [9.17, 15) is 13.2 Å². The molecule has 1 rings (SSSR count). The van der Waals surface area contributed by atoms with Gasteiger partial charge in [-0.3, -0.25) is 5.43 Å². The van der Waals surface area contributed by atoms with Crippen LogP contribution in [0.2, 0.25) is 0 Å². The van der Waals surface area contributed by atoms with Crippen molar-refractivity contribution in [2.24, 2.45) is 10.8 Å². The highest BCUT2D eigenvalue weighted by Crippen LogP contribution is 2.17. The Morgan fingerprint density at radius 3 is 2.76 bits per heavy atom. The molecular weight excluding hydrogens is 255 g/mol. The molecule has 1 aromatic rings. The molecule has 0 radical (unpaired) electrons. The van der Waals surface area contributed by atoms with Crippen molar-refractivity contribution in [1.29, 1.82) is 0 Å². The van der Waals surface area contributed by atoms with Crippen molar-refractivity contribution >= 4 is 23.5 Å². The molecule has 0 heterocycles. The van der Waals surface area contributed by atoms with Crippen molar-refractivity contribution in [3.8, 4) is 5.75 Å². The van der Waals surface area contributed by atoms with Gasteiger partial charge in [-0.05, 0) is 24.4 Å². The van der Waals surface area contributed by atoms with Gasteiger partial charge in [0.15, 0.2) is 5.11 Å². The molecule has 0 bridgehead atoms. The summed E-state index contributed by atoms with van der Waals surface area (Å²) in [6, 6.07) is 3.25. The Labute approximate surface area is 100 Å². The van der Waals surface area contributed by atoms with Gasteiger partial charge in [-0.2, -0.15) is 13.9 Å². The van der Waals surface area contributed by atoms with Crippen molar-refractivity contribution in [1.82, 2.24) is 5.43 Å². The fourth-order valence-corrected chi connectivity index (χ4v) is 1.01. The van der Waals surface area contributed by atoms with Gasteiger partial charge in [0, 0.05) is 11.6 Å². The molecule has 17 heavy (non-hydrogen) atoms. The maximum Gasteiger partial charge on any atom is 0.387 e. The minimum atomic E-state index is -3.00. The maximum absolute atomic E-state index is 13.3. The zero-order chi connectivity index (χ0) is 12.8. The largest absolute Gasteiger partial charge is 0.435 e. The van der Waals surface area contributed by atoms with Gasteiger partial charge in [-0.1, -0.05) is 0 Å². The summed E-state index contributed by atoms with van der Waals surface area (Å²) in [6.45, 7) is -3.00. The van der Waals surface area contributed by atoms with Crippen molar-refractivity contribution in [3.63, 3.8) is 0 Å². The summed E-state index contributed by atoms with van der Waals surface area (Å²) in [7, 11) is 0. The van der Waals surface area contributed by atoms with Crippen LogP contribution in [0.25, 0.3) is 0 Å². The van der Waals surface area contributed by atoms with Crippen LogP contribution in [-0.2, 0) is 0 Å². The summed E-state index contributed by atoms with van der Waals surface area (Å²) < 4.78 is 41.0. The summed E-state index contributed by atoms with van der Waals surface area (Å²) in [6.07, 6.45) is 1.11. The molecule has 0 amide bonds. The molecular formula is C9H8F3N3OS. The zero-order valence-corrected chi connectivity index (χ0v) is 9.18. The van der Waals surface area contributed by atoms with Gasteiger partial charge in [0.05, 0.1) is 6.21 Å². The quantitative estimate of drug-likeness (QED) is 0.492. The molecule has 0 aliphatic rings. The first-order chi connectivity index (χ1) is 7.99. The van der Waals surface area contributed by atoms with E-state index in [1.165, 1.54) is 12.1 Å². The highest BCUT2D eigenvalue weighted by molar-refractivity contribution is 7.80. The third kappa shape index (κ3) is 4.68. The third-order valence-corrected chi connectivity index (χ3v) is 1.67. The Bertz CT molecular complexity index is 439. The molecule has 0 atom stereocenters. The topological polar surface area (TPSA) is 59.6 Å². The van der Waals surface area contributed by atoms with Crippen LogP contribution >= 0.6 is 12.2 Å². The Morgan fingerprint density at radius 2 is 2.24 bits per heavy atom. The molecule has 0 aliphatic carbocycles. The Hall–Kier alpha value is -1.83. The highest BCUT2D eigenvalue weighted by Gasteiger charge is 2.07. The molecule has 0 aromatic heterocycles. The van der Waals surface area contributed by atoms with Crippen LogP contribution in [-0.4, -0.2) is 17.9 Å². The zero-order valence-electron chi connectivity index (χ0n) is 8.36. The fraction of sp³-hybridized carbons (Fsp3) is 0.111. The number of rotatable bonds is 4. The first kappa shape index (κ1) is 13.2. The first-order valence-electron chi connectivity index (χ1n) is 4.32. The lowest BCUT2D eigenvalue weighted by atomic mass is 10.2. The van der Waals surface area contributed by atoms with E-state index in [0.717, 1.165) is 12.3 Å². The predicted molar refractivity (Wildman–Crippen MR) is 60.5 cm³/mol.